The SMILES string of the molecule is CC/C=C\C/C=C\C/C=C\C/C=C\C/C=C\C/C=C\C/C=C\CCCCCCCCCCCCCC(=O)NC(CO)C(O)/C=C/CC/C=C/CC/C=C/CCCCCCCC. The van der Waals surface area contributed by atoms with Gasteiger partial charge in [0.2, 0.25) is 5.91 Å². The summed E-state index contributed by atoms with van der Waals surface area (Å²) in [5.41, 5.74) is 0. The molecule has 0 saturated carbocycles. The summed E-state index contributed by atoms with van der Waals surface area (Å²) in [7, 11) is 0. The van der Waals surface area contributed by atoms with Gasteiger partial charge in [0.15, 0.2) is 0 Å². The van der Waals surface area contributed by atoms with E-state index in [0.717, 1.165) is 89.9 Å². The van der Waals surface area contributed by atoms with E-state index >= 15 is 0 Å². The fraction of sp³-hybridized carbons (Fsp3) is 0.632. The molecule has 0 fully saturated rings. The fourth-order valence-electron chi connectivity index (χ4n) is 6.84. The van der Waals surface area contributed by atoms with Gasteiger partial charge in [-0.3, -0.25) is 4.79 Å². The Labute approximate surface area is 378 Å². The van der Waals surface area contributed by atoms with E-state index in [1.54, 1.807) is 6.08 Å². The maximum atomic E-state index is 12.4. The molecule has 2 unspecified atom stereocenters. The summed E-state index contributed by atoms with van der Waals surface area (Å²) in [6, 6.07) is -0.655. The Morgan fingerprint density at radius 2 is 0.738 bits per heavy atom. The van der Waals surface area contributed by atoms with Crippen molar-refractivity contribution in [1.82, 2.24) is 5.32 Å². The Morgan fingerprint density at radius 3 is 1.15 bits per heavy atom. The van der Waals surface area contributed by atoms with Gasteiger partial charge in [-0.15, -0.1) is 0 Å². The number of carbonyl (C=O) groups excluding carboxylic acids is 1. The molecule has 0 aliphatic heterocycles. The van der Waals surface area contributed by atoms with Crippen molar-refractivity contribution in [3.8, 4) is 0 Å². The van der Waals surface area contributed by atoms with Crippen molar-refractivity contribution in [3.63, 3.8) is 0 Å². The maximum Gasteiger partial charge on any atom is 0.220 e. The number of amides is 1. The molecule has 2 atom stereocenters. The summed E-state index contributed by atoms with van der Waals surface area (Å²) < 4.78 is 0. The van der Waals surface area contributed by atoms with Crippen molar-refractivity contribution in [2.24, 2.45) is 0 Å². The van der Waals surface area contributed by atoms with E-state index in [2.05, 4.69) is 129 Å². The van der Waals surface area contributed by atoms with Crippen LogP contribution in [0.3, 0.4) is 0 Å². The van der Waals surface area contributed by atoms with E-state index in [9.17, 15) is 15.0 Å². The van der Waals surface area contributed by atoms with Gasteiger partial charge < -0.3 is 15.5 Å². The second kappa shape index (κ2) is 51.1. The molecule has 0 aliphatic carbocycles. The zero-order valence-corrected chi connectivity index (χ0v) is 39.6. The third kappa shape index (κ3) is 47.7. The van der Waals surface area contributed by atoms with Gasteiger partial charge in [0.05, 0.1) is 18.8 Å². The Bertz CT molecular complexity index is 1230. The van der Waals surface area contributed by atoms with Gasteiger partial charge in [0.25, 0.3) is 0 Å². The van der Waals surface area contributed by atoms with Gasteiger partial charge in [-0.1, -0.05) is 225 Å². The van der Waals surface area contributed by atoms with Crippen LogP contribution in [0.2, 0.25) is 0 Å². The van der Waals surface area contributed by atoms with E-state index in [4.69, 9.17) is 0 Å². The topological polar surface area (TPSA) is 69.6 Å². The summed E-state index contributed by atoms with van der Waals surface area (Å²) in [6.45, 7) is 4.16. The van der Waals surface area contributed by atoms with Crippen molar-refractivity contribution in [3.05, 3.63) is 122 Å². The molecule has 1 amide bonds. The maximum absolute atomic E-state index is 12.4. The molecule has 0 rings (SSSR count). The van der Waals surface area contributed by atoms with Crippen molar-refractivity contribution in [2.45, 2.75) is 225 Å². The van der Waals surface area contributed by atoms with Crippen molar-refractivity contribution in [2.75, 3.05) is 6.61 Å². The number of hydrogen-bond acceptors (Lipinski definition) is 3. The summed E-state index contributed by atoms with van der Waals surface area (Å²) >= 11 is 0. The number of unbranched alkanes of at least 4 members (excludes halogenated alkanes) is 19. The molecule has 0 heterocycles. The molecule has 0 spiro atoms. The molecule has 0 aromatic rings. The molecule has 0 bridgehead atoms. The first-order valence-corrected chi connectivity index (χ1v) is 25.2. The van der Waals surface area contributed by atoms with Crippen LogP contribution in [0.4, 0.5) is 0 Å². The second-order valence-electron chi connectivity index (χ2n) is 16.5. The molecule has 3 N–H and O–H groups in total. The molecule has 0 aliphatic rings. The minimum atomic E-state index is -0.879. The summed E-state index contributed by atoms with van der Waals surface area (Å²) in [4.78, 5) is 12.4. The predicted octanol–water partition coefficient (Wildman–Crippen LogP) is 16.5. The highest BCUT2D eigenvalue weighted by Crippen LogP contribution is 2.13. The van der Waals surface area contributed by atoms with E-state index in [1.165, 1.54) is 103 Å². The standard InChI is InChI=1S/C57H95NO3/c1-3-5-7-9-11-13-15-17-19-21-22-23-24-25-26-27-28-29-30-31-32-33-34-35-36-37-39-41-43-45-47-49-51-53-57(61)58-55(54-59)56(60)52-50-48-46-44-42-40-38-20-18-16-14-12-10-8-6-4-2/h5,7,11,13,17-20,22-23,25-26,28-29,31-32,42,44,50,52,55-56,59-60H,3-4,6,8-10,12,14-16,21,24,27,30,33-41,43,45-49,51,53-54H2,1-2H3,(H,58,61)/b7-5-,13-11-,19-17-,20-18+,23-22-,26-25-,29-28-,32-31-,44-42+,52-50+. The Hall–Kier alpha value is -3.21. The van der Waals surface area contributed by atoms with Crippen LogP contribution in [-0.2, 0) is 4.79 Å². The van der Waals surface area contributed by atoms with Crippen LogP contribution in [0, 0.1) is 0 Å². The average Bonchev–Trinajstić information content (AvgIpc) is 3.26. The third-order valence-electron chi connectivity index (χ3n) is 10.7. The van der Waals surface area contributed by atoms with Crippen LogP contribution in [0.5, 0.6) is 0 Å². The summed E-state index contributed by atoms with van der Waals surface area (Å²) in [5.74, 6) is -0.0872. The minimum absolute atomic E-state index is 0.0872. The molecule has 4 nitrogen and oxygen atoms in total. The zero-order chi connectivity index (χ0) is 44.2. The lowest BCUT2D eigenvalue weighted by molar-refractivity contribution is -0.123. The first kappa shape index (κ1) is 57.8. The molecular formula is C57H95NO3. The highest BCUT2D eigenvalue weighted by Gasteiger charge is 2.17. The molecular weight excluding hydrogens is 747 g/mol. The molecule has 346 valence electrons. The van der Waals surface area contributed by atoms with Crippen LogP contribution in [0.15, 0.2) is 122 Å². The Balaban J connectivity index is 3.64. The number of hydrogen-bond donors (Lipinski definition) is 3. The fourth-order valence-corrected chi connectivity index (χ4v) is 6.84. The quantitative estimate of drug-likeness (QED) is 0.0423. The number of aliphatic hydroxyl groups excluding tert-OH is 2. The Morgan fingerprint density at radius 1 is 0.410 bits per heavy atom. The predicted molar refractivity (Wildman–Crippen MR) is 271 cm³/mol. The lowest BCUT2D eigenvalue weighted by Crippen LogP contribution is -2.45. The number of allylic oxidation sites excluding steroid dienone is 19. The summed E-state index contributed by atoms with van der Waals surface area (Å²) in [5, 5.41) is 23.0. The first-order valence-electron chi connectivity index (χ1n) is 25.2. The summed E-state index contributed by atoms with van der Waals surface area (Å²) in [6.07, 6.45) is 79.0. The average molecular weight is 842 g/mol. The van der Waals surface area contributed by atoms with Crippen LogP contribution in [-0.4, -0.2) is 34.9 Å². The molecule has 0 aromatic heterocycles. The minimum Gasteiger partial charge on any atom is -0.394 e. The number of rotatable bonds is 44. The van der Waals surface area contributed by atoms with E-state index in [0.29, 0.717) is 6.42 Å². The number of carbonyl (C=O) groups is 1. The number of aliphatic hydroxyl groups is 2. The smallest absolute Gasteiger partial charge is 0.220 e. The highest BCUT2D eigenvalue weighted by molar-refractivity contribution is 5.76. The van der Waals surface area contributed by atoms with Crippen LogP contribution in [0.25, 0.3) is 0 Å². The monoisotopic (exact) mass is 842 g/mol. The van der Waals surface area contributed by atoms with Gasteiger partial charge >= 0.3 is 0 Å². The normalized spacial score (nSPS) is 14.0. The molecule has 0 saturated heterocycles. The lowest BCUT2D eigenvalue weighted by atomic mass is 10.0. The van der Waals surface area contributed by atoms with E-state index in [-0.39, 0.29) is 12.5 Å². The Kier molecular flexibility index (Phi) is 48.5. The van der Waals surface area contributed by atoms with Crippen molar-refractivity contribution < 1.29 is 15.0 Å². The van der Waals surface area contributed by atoms with Crippen LogP contribution in [0.1, 0.15) is 213 Å². The van der Waals surface area contributed by atoms with Gasteiger partial charge in [-0.2, -0.15) is 0 Å². The molecule has 61 heavy (non-hydrogen) atoms. The second-order valence-corrected chi connectivity index (χ2v) is 16.5. The van der Waals surface area contributed by atoms with Gasteiger partial charge in [0.1, 0.15) is 0 Å². The van der Waals surface area contributed by atoms with Crippen LogP contribution < -0.4 is 5.32 Å². The molecule has 4 heteroatoms. The van der Waals surface area contributed by atoms with Gasteiger partial charge in [0, 0.05) is 6.42 Å². The van der Waals surface area contributed by atoms with Crippen LogP contribution >= 0.6 is 0 Å². The van der Waals surface area contributed by atoms with E-state index in [1.807, 2.05) is 6.08 Å². The van der Waals surface area contributed by atoms with E-state index < -0.39 is 12.1 Å². The highest BCUT2D eigenvalue weighted by atomic mass is 16.3. The van der Waals surface area contributed by atoms with Gasteiger partial charge in [-0.25, -0.2) is 0 Å². The third-order valence-corrected chi connectivity index (χ3v) is 10.7. The first-order chi connectivity index (χ1) is 30.2. The van der Waals surface area contributed by atoms with Crippen molar-refractivity contribution >= 4 is 5.91 Å². The number of nitrogens with one attached hydrogen (secondary N) is 1. The van der Waals surface area contributed by atoms with Crippen molar-refractivity contribution in [1.29, 1.82) is 0 Å². The molecule has 0 aromatic carbocycles. The zero-order valence-electron chi connectivity index (χ0n) is 39.6. The largest absolute Gasteiger partial charge is 0.394 e. The molecule has 0 radical (unpaired) electrons. The lowest BCUT2D eigenvalue weighted by Gasteiger charge is -2.19. The van der Waals surface area contributed by atoms with Gasteiger partial charge in [-0.05, 0) is 103 Å².